The minimum atomic E-state index is -0.0707. The summed E-state index contributed by atoms with van der Waals surface area (Å²) in [7, 11) is 1.79. The zero-order valence-corrected chi connectivity index (χ0v) is 12.8. The number of anilines is 1. The summed E-state index contributed by atoms with van der Waals surface area (Å²) in [6.45, 7) is 5.49. The lowest BCUT2D eigenvalue weighted by molar-refractivity contribution is 0.0779. The molecular formula is C17H21N3O. The summed E-state index contributed by atoms with van der Waals surface area (Å²) in [6, 6.07) is 11.8. The van der Waals surface area contributed by atoms with E-state index in [1.165, 1.54) is 5.56 Å². The molecule has 0 saturated carbocycles. The summed E-state index contributed by atoms with van der Waals surface area (Å²) in [4.78, 5) is 18.2. The Morgan fingerprint density at radius 3 is 2.48 bits per heavy atom. The van der Waals surface area contributed by atoms with Gasteiger partial charge in [-0.05, 0) is 31.5 Å². The second-order valence-corrected chi connectivity index (χ2v) is 5.11. The molecule has 0 saturated heterocycles. The highest BCUT2D eigenvalue weighted by Crippen LogP contribution is 2.10. The van der Waals surface area contributed by atoms with E-state index < -0.39 is 0 Å². The van der Waals surface area contributed by atoms with Crippen molar-refractivity contribution >= 4 is 11.6 Å². The van der Waals surface area contributed by atoms with Crippen LogP contribution in [0.2, 0.25) is 0 Å². The average Bonchev–Trinajstić information content (AvgIpc) is 2.50. The third-order valence-corrected chi connectivity index (χ3v) is 3.25. The number of rotatable bonds is 5. The highest BCUT2D eigenvalue weighted by Gasteiger charge is 2.13. The van der Waals surface area contributed by atoms with E-state index in [0.29, 0.717) is 12.2 Å². The van der Waals surface area contributed by atoms with Gasteiger partial charge >= 0.3 is 0 Å². The highest BCUT2D eigenvalue weighted by molar-refractivity contribution is 5.92. The van der Waals surface area contributed by atoms with Gasteiger partial charge in [0.2, 0.25) is 0 Å². The van der Waals surface area contributed by atoms with Crippen LogP contribution in [0.5, 0.6) is 0 Å². The van der Waals surface area contributed by atoms with E-state index in [-0.39, 0.29) is 5.91 Å². The molecule has 1 aromatic heterocycles. The Bertz CT molecular complexity index is 590. The van der Waals surface area contributed by atoms with E-state index in [1.54, 1.807) is 24.2 Å². The van der Waals surface area contributed by atoms with Crippen molar-refractivity contribution in [1.82, 2.24) is 9.88 Å². The standard InChI is InChI=1S/C17H21N3O/c1-4-18-15-9-10-16(19-11-15)17(21)20(3)12-14-7-5-13(2)6-8-14/h5-11,18H,4,12H2,1-3H3. The molecule has 0 bridgehead atoms. The van der Waals surface area contributed by atoms with Crippen molar-refractivity contribution in [2.75, 3.05) is 18.9 Å². The first kappa shape index (κ1) is 15.0. The Kier molecular flexibility index (Phi) is 4.93. The minimum Gasteiger partial charge on any atom is -0.384 e. The van der Waals surface area contributed by atoms with E-state index in [0.717, 1.165) is 17.8 Å². The fraction of sp³-hybridized carbons (Fsp3) is 0.294. The van der Waals surface area contributed by atoms with Crippen molar-refractivity contribution in [2.45, 2.75) is 20.4 Å². The highest BCUT2D eigenvalue weighted by atomic mass is 16.2. The molecule has 110 valence electrons. The van der Waals surface area contributed by atoms with Gasteiger partial charge in [0.25, 0.3) is 5.91 Å². The summed E-state index contributed by atoms with van der Waals surface area (Å²) in [6.07, 6.45) is 1.69. The lowest BCUT2D eigenvalue weighted by Crippen LogP contribution is -2.27. The van der Waals surface area contributed by atoms with Crippen LogP contribution in [0, 0.1) is 6.92 Å². The quantitative estimate of drug-likeness (QED) is 0.917. The third-order valence-electron chi connectivity index (χ3n) is 3.25. The van der Waals surface area contributed by atoms with Gasteiger partial charge in [0, 0.05) is 20.1 Å². The summed E-state index contributed by atoms with van der Waals surface area (Å²) < 4.78 is 0. The van der Waals surface area contributed by atoms with Crippen LogP contribution in [-0.4, -0.2) is 29.4 Å². The van der Waals surface area contributed by atoms with Crippen molar-refractivity contribution < 1.29 is 4.79 Å². The number of aryl methyl sites for hydroxylation is 1. The predicted octanol–water partition coefficient (Wildman–Crippen LogP) is 3.09. The van der Waals surface area contributed by atoms with E-state index in [2.05, 4.69) is 29.4 Å². The van der Waals surface area contributed by atoms with Gasteiger partial charge in [-0.2, -0.15) is 0 Å². The average molecular weight is 283 g/mol. The number of nitrogens with one attached hydrogen (secondary N) is 1. The summed E-state index contributed by atoms with van der Waals surface area (Å²) in [5, 5.41) is 3.16. The molecule has 0 aliphatic carbocycles. The van der Waals surface area contributed by atoms with Crippen LogP contribution in [0.25, 0.3) is 0 Å². The van der Waals surface area contributed by atoms with Crippen LogP contribution in [0.3, 0.4) is 0 Å². The monoisotopic (exact) mass is 283 g/mol. The molecule has 0 aliphatic rings. The Morgan fingerprint density at radius 1 is 1.19 bits per heavy atom. The molecule has 2 aromatic rings. The van der Waals surface area contributed by atoms with E-state index >= 15 is 0 Å². The Balaban J connectivity index is 2.02. The molecule has 1 aromatic carbocycles. The molecule has 1 amide bonds. The maximum atomic E-state index is 12.3. The van der Waals surface area contributed by atoms with Crippen LogP contribution < -0.4 is 5.32 Å². The molecule has 2 rings (SSSR count). The largest absolute Gasteiger partial charge is 0.384 e. The molecule has 0 unspecified atom stereocenters. The fourth-order valence-corrected chi connectivity index (χ4v) is 2.06. The molecule has 21 heavy (non-hydrogen) atoms. The maximum Gasteiger partial charge on any atom is 0.272 e. The molecule has 1 heterocycles. The van der Waals surface area contributed by atoms with E-state index in [9.17, 15) is 4.79 Å². The molecular weight excluding hydrogens is 262 g/mol. The SMILES string of the molecule is CCNc1ccc(C(=O)N(C)Cc2ccc(C)cc2)nc1. The number of hydrogen-bond acceptors (Lipinski definition) is 3. The Labute approximate surface area is 125 Å². The summed E-state index contributed by atoms with van der Waals surface area (Å²) in [5.74, 6) is -0.0707. The van der Waals surface area contributed by atoms with E-state index in [1.807, 2.05) is 25.1 Å². The number of carbonyl (C=O) groups excluding carboxylic acids is 1. The van der Waals surface area contributed by atoms with Gasteiger partial charge in [0.05, 0.1) is 11.9 Å². The van der Waals surface area contributed by atoms with Crippen molar-refractivity contribution in [3.05, 3.63) is 59.4 Å². The maximum absolute atomic E-state index is 12.3. The van der Waals surface area contributed by atoms with Gasteiger partial charge in [0.15, 0.2) is 0 Å². The number of aromatic nitrogens is 1. The summed E-state index contributed by atoms with van der Waals surface area (Å²) >= 11 is 0. The van der Waals surface area contributed by atoms with Crippen LogP contribution in [0.4, 0.5) is 5.69 Å². The first-order valence-corrected chi connectivity index (χ1v) is 7.11. The van der Waals surface area contributed by atoms with Crippen LogP contribution in [-0.2, 0) is 6.54 Å². The Hall–Kier alpha value is -2.36. The predicted molar refractivity (Wildman–Crippen MR) is 85.4 cm³/mol. The number of amides is 1. The van der Waals surface area contributed by atoms with Crippen molar-refractivity contribution in [3.63, 3.8) is 0 Å². The van der Waals surface area contributed by atoms with Crippen molar-refractivity contribution in [2.24, 2.45) is 0 Å². The number of benzene rings is 1. The lowest BCUT2D eigenvalue weighted by atomic mass is 10.1. The topological polar surface area (TPSA) is 45.2 Å². The zero-order valence-electron chi connectivity index (χ0n) is 12.8. The van der Waals surface area contributed by atoms with Crippen molar-refractivity contribution in [3.8, 4) is 0 Å². The fourth-order valence-electron chi connectivity index (χ4n) is 2.06. The first-order valence-electron chi connectivity index (χ1n) is 7.11. The van der Waals surface area contributed by atoms with Gasteiger partial charge < -0.3 is 10.2 Å². The van der Waals surface area contributed by atoms with Gasteiger partial charge in [0.1, 0.15) is 5.69 Å². The molecule has 0 radical (unpaired) electrons. The van der Waals surface area contributed by atoms with Crippen molar-refractivity contribution in [1.29, 1.82) is 0 Å². The first-order chi connectivity index (χ1) is 10.1. The minimum absolute atomic E-state index is 0.0707. The summed E-state index contributed by atoms with van der Waals surface area (Å²) in [5.41, 5.74) is 3.72. The van der Waals surface area contributed by atoms with Gasteiger partial charge in [-0.15, -0.1) is 0 Å². The molecule has 0 aliphatic heterocycles. The van der Waals surface area contributed by atoms with Gasteiger partial charge in [-0.3, -0.25) is 4.79 Å². The second-order valence-electron chi connectivity index (χ2n) is 5.11. The normalized spacial score (nSPS) is 10.2. The number of pyridine rings is 1. The number of hydrogen-bond donors (Lipinski definition) is 1. The molecule has 0 fully saturated rings. The molecule has 4 heteroatoms. The van der Waals surface area contributed by atoms with Gasteiger partial charge in [-0.1, -0.05) is 29.8 Å². The Morgan fingerprint density at radius 2 is 1.90 bits per heavy atom. The molecule has 0 atom stereocenters. The van der Waals surface area contributed by atoms with Gasteiger partial charge in [-0.25, -0.2) is 4.98 Å². The van der Waals surface area contributed by atoms with Crippen LogP contribution in [0.15, 0.2) is 42.6 Å². The third kappa shape index (κ3) is 4.05. The molecule has 0 spiro atoms. The van der Waals surface area contributed by atoms with Crippen LogP contribution in [0.1, 0.15) is 28.5 Å². The molecule has 4 nitrogen and oxygen atoms in total. The number of nitrogens with zero attached hydrogens (tertiary/aromatic N) is 2. The second kappa shape index (κ2) is 6.88. The molecule has 1 N–H and O–H groups in total. The zero-order chi connectivity index (χ0) is 15.2. The van der Waals surface area contributed by atoms with Crippen LogP contribution >= 0.6 is 0 Å². The smallest absolute Gasteiger partial charge is 0.272 e. The number of carbonyl (C=O) groups is 1. The lowest BCUT2D eigenvalue weighted by Gasteiger charge is -2.17. The van der Waals surface area contributed by atoms with E-state index in [4.69, 9.17) is 0 Å².